The van der Waals surface area contributed by atoms with Crippen molar-refractivity contribution in [1.29, 1.82) is 0 Å². The number of hydrogen-bond donors (Lipinski definition) is 1. The van der Waals surface area contributed by atoms with Crippen LogP contribution in [0.3, 0.4) is 0 Å². The van der Waals surface area contributed by atoms with Gasteiger partial charge in [0.25, 0.3) is 0 Å². The van der Waals surface area contributed by atoms with E-state index in [0.29, 0.717) is 5.56 Å². The molecule has 0 radical (unpaired) electrons. The minimum atomic E-state index is -0.725. The molecule has 20 heavy (non-hydrogen) atoms. The van der Waals surface area contributed by atoms with Gasteiger partial charge in [-0.3, -0.25) is 0 Å². The van der Waals surface area contributed by atoms with Crippen molar-refractivity contribution in [1.82, 2.24) is 0 Å². The van der Waals surface area contributed by atoms with Crippen molar-refractivity contribution in [3.05, 3.63) is 64.2 Å². The molecule has 0 saturated heterocycles. The maximum atomic E-state index is 13.8. The molecule has 0 atom stereocenters. The lowest BCUT2D eigenvalue weighted by molar-refractivity contribution is 0.272. The molecule has 4 heteroatoms. The van der Waals surface area contributed by atoms with Crippen LogP contribution in [0, 0.1) is 25.5 Å². The Bertz CT molecular complexity index is 583. The maximum Gasteiger partial charge on any atom is 0.191 e. The van der Waals surface area contributed by atoms with E-state index in [1.54, 1.807) is 0 Å². The molecule has 0 aromatic heterocycles. The van der Waals surface area contributed by atoms with E-state index >= 15 is 0 Å². The predicted octanol–water partition coefficient (Wildman–Crippen LogP) is 3.62. The first-order valence-corrected chi connectivity index (χ1v) is 6.38. The van der Waals surface area contributed by atoms with E-state index in [9.17, 15) is 8.78 Å². The molecule has 2 N–H and O–H groups in total. The van der Waals surface area contributed by atoms with E-state index in [-0.39, 0.29) is 18.9 Å². The van der Waals surface area contributed by atoms with E-state index < -0.39 is 11.6 Å². The maximum absolute atomic E-state index is 13.8. The molecule has 0 aliphatic heterocycles. The van der Waals surface area contributed by atoms with Crippen molar-refractivity contribution in [2.24, 2.45) is 5.73 Å². The number of benzene rings is 2. The highest BCUT2D eigenvalue weighted by Crippen LogP contribution is 2.25. The van der Waals surface area contributed by atoms with E-state index in [0.717, 1.165) is 16.7 Å². The number of halogens is 2. The van der Waals surface area contributed by atoms with Crippen LogP contribution in [0.2, 0.25) is 0 Å². The lowest BCUT2D eigenvalue weighted by atomic mass is 10.0. The molecule has 106 valence electrons. The smallest absolute Gasteiger partial charge is 0.191 e. The van der Waals surface area contributed by atoms with Crippen molar-refractivity contribution in [3.63, 3.8) is 0 Å². The van der Waals surface area contributed by atoms with Gasteiger partial charge in [0.15, 0.2) is 17.4 Å². The van der Waals surface area contributed by atoms with E-state index in [1.165, 1.54) is 12.1 Å². The molecule has 2 aromatic carbocycles. The molecule has 0 amide bonds. The molecule has 0 spiro atoms. The number of ether oxygens (including phenoxy) is 1. The molecular formula is C16H17F2NO. The van der Waals surface area contributed by atoms with Gasteiger partial charge in [0.1, 0.15) is 6.61 Å². The van der Waals surface area contributed by atoms with Gasteiger partial charge in [0, 0.05) is 6.54 Å². The van der Waals surface area contributed by atoms with Gasteiger partial charge < -0.3 is 10.5 Å². The molecule has 2 rings (SSSR count). The summed E-state index contributed by atoms with van der Waals surface area (Å²) in [6.45, 7) is 4.10. The topological polar surface area (TPSA) is 35.2 Å². The SMILES string of the molecule is Cc1cccc(C)c1COc1c(F)cc(CN)cc1F. The first-order chi connectivity index (χ1) is 9.52. The second-order valence-corrected chi connectivity index (χ2v) is 4.75. The van der Waals surface area contributed by atoms with E-state index in [2.05, 4.69) is 0 Å². The molecule has 0 fully saturated rings. The van der Waals surface area contributed by atoms with Gasteiger partial charge >= 0.3 is 0 Å². The Morgan fingerprint density at radius 1 is 1.05 bits per heavy atom. The Kier molecular flexibility index (Phi) is 4.35. The van der Waals surface area contributed by atoms with Crippen LogP contribution in [0.25, 0.3) is 0 Å². The highest BCUT2D eigenvalue weighted by molar-refractivity contribution is 5.35. The fourth-order valence-electron chi connectivity index (χ4n) is 2.09. The zero-order valence-corrected chi connectivity index (χ0v) is 11.5. The molecule has 2 aromatic rings. The van der Waals surface area contributed by atoms with Crippen LogP contribution in [0.1, 0.15) is 22.3 Å². The summed E-state index contributed by atoms with van der Waals surface area (Å²) in [4.78, 5) is 0. The van der Waals surface area contributed by atoms with Crippen LogP contribution in [0.5, 0.6) is 5.75 Å². The highest BCUT2D eigenvalue weighted by atomic mass is 19.1. The minimum Gasteiger partial charge on any atom is -0.483 e. The summed E-state index contributed by atoms with van der Waals surface area (Å²) in [5.41, 5.74) is 8.77. The third-order valence-electron chi connectivity index (χ3n) is 3.30. The molecule has 0 aliphatic carbocycles. The van der Waals surface area contributed by atoms with Crippen LogP contribution in [-0.2, 0) is 13.2 Å². The summed E-state index contributed by atoms with van der Waals surface area (Å²) in [5, 5.41) is 0. The summed E-state index contributed by atoms with van der Waals surface area (Å²) in [6.07, 6.45) is 0. The normalized spacial score (nSPS) is 10.7. The van der Waals surface area contributed by atoms with Crippen LogP contribution in [-0.4, -0.2) is 0 Å². The van der Waals surface area contributed by atoms with Gasteiger partial charge in [0.2, 0.25) is 0 Å². The van der Waals surface area contributed by atoms with E-state index in [1.807, 2.05) is 32.0 Å². The average Bonchev–Trinajstić information content (AvgIpc) is 2.40. The van der Waals surface area contributed by atoms with Crippen LogP contribution in [0.4, 0.5) is 8.78 Å². The Labute approximate surface area is 117 Å². The summed E-state index contributed by atoms with van der Waals surface area (Å²) in [7, 11) is 0. The largest absolute Gasteiger partial charge is 0.483 e. The minimum absolute atomic E-state index is 0.0883. The van der Waals surface area contributed by atoms with Gasteiger partial charge in [-0.2, -0.15) is 0 Å². The molecule has 0 heterocycles. The fraction of sp³-hybridized carbons (Fsp3) is 0.250. The van der Waals surface area contributed by atoms with Gasteiger partial charge in [-0.15, -0.1) is 0 Å². The van der Waals surface area contributed by atoms with Crippen molar-refractivity contribution < 1.29 is 13.5 Å². The van der Waals surface area contributed by atoms with Crippen LogP contribution < -0.4 is 10.5 Å². The zero-order valence-electron chi connectivity index (χ0n) is 11.5. The molecule has 0 bridgehead atoms. The monoisotopic (exact) mass is 277 g/mol. The third-order valence-corrected chi connectivity index (χ3v) is 3.30. The van der Waals surface area contributed by atoms with Crippen molar-refractivity contribution in [3.8, 4) is 5.75 Å². The van der Waals surface area contributed by atoms with Gasteiger partial charge in [-0.05, 0) is 48.2 Å². The van der Waals surface area contributed by atoms with Gasteiger partial charge in [-0.1, -0.05) is 18.2 Å². The summed E-state index contributed by atoms with van der Waals surface area (Å²) in [5.74, 6) is -1.81. The molecule has 0 unspecified atom stereocenters. The zero-order chi connectivity index (χ0) is 14.7. The highest BCUT2D eigenvalue weighted by Gasteiger charge is 2.13. The van der Waals surface area contributed by atoms with Gasteiger partial charge in [-0.25, -0.2) is 8.78 Å². The van der Waals surface area contributed by atoms with E-state index in [4.69, 9.17) is 10.5 Å². The van der Waals surface area contributed by atoms with Crippen molar-refractivity contribution in [2.45, 2.75) is 27.0 Å². The summed E-state index contributed by atoms with van der Waals surface area (Å²) in [6, 6.07) is 8.21. The Hall–Kier alpha value is -1.94. The third kappa shape index (κ3) is 2.96. The van der Waals surface area contributed by atoms with Crippen molar-refractivity contribution >= 4 is 0 Å². The number of rotatable bonds is 4. The average molecular weight is 277 g/mol. The number of hydrogen-bond acceptors (Lipinski definition) is 2. The van der Waals surface area contributed by atoms with Crippen molar-refractivity contribution in [2.75, 3.05) is 0 Å². The van der Waals surface area contributed by atoms with Crippen LogP contribution >= 0.6 is 0 Å². The molecule has 0 saturated carbocycles. The Morgan fingerprint density at radius 2 is 1.60 bits per heavy atom. The first kappa shape index (κ1) is 14.5. The summed E-state index contributed by atoms with van der Waals surface area (Å²) < 4.78 is 32.9. The van der Waals surface area contributed by atoms with Crippen LogP contribution in [0.15, 0.2) is 30.3 Å². The lowest BCUT2D eigenvalue weighted by Crippen LogP contribution is -2.05. The Morgan fingerprint density at radius 3 is 2.10 bits per heavy atom. The summed E-state index contributed by atoms with van der Waals surface area (Å²) >= 11 is 0. The Balaban J connectivity index is 2.23. The molecule has 0 aliphatic rings. The molecule has 2 nitrogen and oxygen atoms in total. The fourth-order valence-corrected chi connectivity index (χ4v) is 2.09. The number of aryl methyl sites for hydroxylation is 2. The lowest BCUT2D eigenvalue weighted by Gasteiger charge is -2.13. The van der Waals surface area contributed by atoms with Gasteiger partial charge in [0.05, 0.1) is 0 Å². The molecular weight excluding hydrogens is 260 g/mol. The quantitative estimate of drug-likeness (QED) is 0.926. The number of nitrogens with two attached hydrogens (primary N) is 1. The first-order valence-electron chi connectivity index (χ1n) is 6.38. The second-order valence-electron chi connectivity index (χ2n) is 4.75. The second kappa shape index (κ2) is 6.01. The predicted molar refractivity (Wildman–Crippen MR) is 74.5 cm³/mol. The standard InChI is InChI=1S/C16H17F2NO/c1-10-4-3-5-11(2)13(10)9-20-16-14(17)6-12(8-19)7-15(16)18/h3-7H,8-9,19H2,1-2H3.